The maximum absolute atomic E-state index is 11.5. The van der Waals surface area contributed by atoms with E-state index in [0.29, 0.717) is 0 Å². The molecule has 1 rings (SSSR count). The van der Waals surface area contributed by atoms with Gasteiger partial charge in [0.05, 0.1) is 6.04 Å². The van der Waals surface area contributed by atoms with Crippen molar-refractivity contribution < 1.29 is 4.79 Å². The van der Waals surface area contributed by atoms with Gasteiger partial charge in [-0.1, -0.05) is 13.3 Å². The molecule has 1 aliphatic rings. The Morgan fingerprint density at radius 3 is 3.00 bits per heavy atom. The van der Waals surface area contributed by atoms with Crippen LogP contribution in [0.1, 0.15) is 32.6 Å². The minimum atomic E-state index is 0.138. The Labute approximate surface area is 81.3 Å². The topological polar surface area (TPSA) is 32.3 Å². The monoisotopic (exact) mass is 182 g/mol. The van der Waals surface area contributed by atoms with Gasteiger partial charge in [0.1, 0.15) is 0 Å². The summed E-state index contributed by atoms with van der Waals surface area (Å²) < 4.78 is 0. The zero-order valence-electron chi connectivity index (χ0n) is 8.68. The molecule has 3 nitrogen and oxygen atoms in total. The van der Waals surface area contributed by atoms with Crippen LogP contribution in [-0.4, -0.2) is 37.9 Å². The van der Waals surface area contributed by atoms with E-state index in [9.17, 15) is 4.79 Å². The third-order valence-electron chi connectivity index (χ3n) is 2.67. The number of hydrogen-bond donors (Lipinski definition) is 1. The van der Waals surface area contributed by atoms with Crippen molar-refractivity contribution in [2.75, 3.05) is 13.1 Å². The highest BCUT2D eigenvalue weighted by Gasteiger charge is 2.26. The smallest absolute Gasteiger partial charge is 0.224 e. The lowest BCUT2D eigenvalue weighted by Gasteiger charge is -2.34. The molecule has 1 atom stereocenters. The van der Waals surface area contributed by atoms with Gasteiger partial charge < -0.3 is 5.23 Å². The number of carbonyl (C=O) groups is 1. The van der Waals surface area contributed by atoms with Crippen molar-refractivity contribution in [2.24, 2.45) is 0 Å². The molecule has 1 unspecified atom stereocenters. The lowest BCUT2D eigenvalue weighted by atomic mass is 10.0. The van der Waals surface area contributed by atoms with Gasteiger partial charge in [0.25, 0.3) is 0 Å². The van der Waals surface area contributed by atoms with Crippen LogP contribution >= 0.6 is 0 Å². The molecule has 4 heteroatoms. The maximum atomic E-state index is 11.5. The van der Waals surface area contributed by atoms with E-state index in [1.165, 1.54) is 12.8 Å². The SMILES string of the molecule is BNC(=O)C1CCCCN1CCC. The Morgan fingerprint density at radius 1 is 1.62 bits per heavy atom. The van der Waals surface area contributed by atoms with E-state index < -0.39 is 0 Å². The molecule has 1 saturated heterocycles. The second-order valence-electron chi connectivity index (χ2n) is 3.66. The summed E-state index contributed by atoms with van der Waals surface area (Å²) in [7, 11) is 1.72. The maximum Gasteiger partial charge on any atom is 0.224 e. The van der Waals surface area contributed by atoms with Gasteiger partial charge in [-0.15, -0.1) is 0 Å². The fourth-order valence-electron chi connectivity index (χ4n) is 2.01. The summed E-state index contributed by atoms with van der Waals surface area (Å²) in [6.45, 7) is 4.31. The van der Waals surface area contributed by atoms with Gasteiger partial charge in [-0.05, 0) is 32.4 Å². The molecule has 0 aromatic carbocycles. The van der Waals surface area contributed by atoms with E-state index in [4.69, 9.17) is 0 Å². The van der Waals surface area contributed by atoms with Crippen LogP contribution in [0.4, 0.5) is 0 Å². The highest BCUT2D eigenvalue weighted by atomic mass is 16.2. The van der Waals surface area contributed by atoms with Crippen LogP contribution in [0.15, 0.2) is 0 Å². The number of rotatable bonds is 3. The fraction of sp³-hybridized carbons (Fsp3) is 0.889. The van der Waals surface area contributed by atoms with Gasteiger partial charge in [-0.2, -0.15) is 0 Å². The molecule has 0 saturated carbocycles. The molecule has 1 N–H and O–H groups in total. The Morgan fingerprint density at radius 2 is 2.38 bits per heavy atom. The summed E-state index contributed by atoms with van der Waals surface area (Å²) in [6, 6.07) is 0.138. The van der Waals surface area contributed by atoms with Gasteiger partial charge in [0.2, 0.25) is 13.9 Å². The third-order valence-corrected chi connectivity index (χ3v) is 2.67. The van der Waals surface area contributed by atoms with Crippen molar-refractivity contribution in [2.45, 2.75) is 38.6 Å². The highest BCUT2D eigenvalue weighted by molar-refractivity contribution is 6.15. The van der Waals surface area contributed by atoms with E-state index >= 15 is 0 Å². The van der Waals surface area contributed by atoms with Gasteiger partial charge in [0.15, 0.2) is 0 Å². The van der Waals surface area contributed by atoms with Crippen molar-refractivity contribution in [3.05, 3.63) is 0 Å². The second-order valence-corrected chi connectivity index (χ2v) is 3.66. The first kappa shape index (κ1) is 10.6. The lowest BCUT2D eigenvalue weighted by molar-refractivity contribution is -0.125. The molecule has 1 amide bonds. The quantitative estimate of drug-likeness (QED) is 0.619. The number of carbonyl (C=O) groups excluding carboxylic acids is 1. The van der Waals surface area contributed by atoms with Crippen LogP contribution in [0.3, 0.4) is 0 Å². The van der Waals surface area contributed by atoms with Crippen LogP contribution in [0.25, 0.3) is 0 Å². The molecule has 0 aromatic rings. The van der Waals surface area contributed by atoms with Crippen LogP contribution in [0.5, 0.6) is 0 Å². The minimum absolute atomic E-state index is 0.138. The Hall–Kier alpha value is -0.505. The summed E-state index contributed by atoms with van der Waals surface area (Å²) in [5, 5.41) is 2.74. The third kappa shape index (κ3) is 2.73. The molecule has 1 fully saturated rings. The zero-order chi connectivity index (χ0) is 9.68. The molecule has 1 heterocycles. The summed E-state index contributed by atoms with van der Waals surface area (Å²) in [4.78, 5) is 13.8. The molecular weight excluding hydrogens is 163 g/mol. The van der Waals surface area contributed by atoms with Crippen LogP contribution in [0, 0.1) is 0 Å². The van der Waals surface area contributed by atoms with Gasteiger partial charge >= 0.3 is 0 Å². The van der Waals surface area contributed by atoms with E-state index in [-0.39, 0.29) is 11.9 Å². The van der Waals surface area contributed by atoms with Crippen molar-refractivity contribution in [1.82, 2.24) is 10.1 Å². The van der Waals surface area contributed by atoms with Crippen LogP contribution in [0.2, 0.25) is 0 Å². The number of nitrogens with zero attached hydrogens (tertiary/aromatic N) is 1. The number of piperidine rings is 1. The zero-order valence-corrected chi connectivity index (χ0v) is 8.68. The van der Waals surface area contributed by atoms with Crippen LogP contribution < -0.4 is 5.23 Å². The molecule has 0 spiro atoms. The first-order valence-corrected chi connectivity index (χ1v) is 5.25. The first-order valence-electron chi connectivity index (χ1n) is 5.25. The number of amides is 1. The van der Waals surface area contributed by atoms with Gasteiger partial charge in [-0.3, -0.25) is 9.69 Å². The van der Waals surface area contributed by atoms with Crippen molar-refractivity contribution in [3.63, 3.8) is 0 Å². The molecule has 0 radical (unpaired) electrons. The minimum Gasteiger partial charge on any atom is -0.405 e. The van der Waals surface area contributed by atoms with E-state index in [2.05, 4.69) is 17.1 Å². The van der Waals surface area contributed by atoms with Crippen molar-refractivity contribution >= 4 is 13.9 Å². The summed E-state index contributed by atoms with van der Waals surface area (Å²) >= 11 is 0. The highest BCUT2D eigenvalue weighted by Crippen LogP contribution is 2.16. The largest absolute Gasteiger partial charge is 0.405 e. The lowest BCUT2D eigenvalue weighted by Crippen LogP contribution is -2.49. The van der Waals surface area contributed by atoms with E-state index in [1.54, 1.807) is 7.98 Å². The Balaban J connectivity index is 2.50. The average molecular weight is 182 g/mol. The van der Waals surface area contributed by atoms with Gasteiger partial charge in [-0.25, -0.2) is 0 Å². The molecule has 0 bridgehead atoms. The first-order chi connectivity index (χ1) is 6.29. The van der Waals surface area contributed by atoms with Crippen LogP contribution in [-0.2, 0) is 4.79 Å². The van der Waals surface area contributed by atoms with Crippen molar-refractivity contribution in [1.29, 1.82) is 0 Å². The number of likely N-dealkylation sites (tertiary alicyclic amines) is 1. The standard InChI is InChI=1S/C9H19BN2O/c1-2-6-12-7-4-3-5-8(12)9(13)11-10/h8H,2-7,10H2,1H3,(H,11,13). The normalized spacial score (nSPS) is 24.2. The molecule has 0 aliphatic carbocycles. The molecule has 74 valence electrons. The average Bonchev–Trinajstić information content (AvgIpc) is 2.18. The number of nitrogens with one attached hydrogen (secondary N) is 1. The summed E-state index contributed by atoms with van der Waals surface area (Å²) in [6.07, 6.45) is 4.60. The second kappa shape index (κ2) is 5.27. The van der Waals surface area contributed by atoms with E-state index in [1.807, 2.05) is 0 Å². The summed E-state index contributed by atoms with van der Waals surface area (Å²) in [5.74, 6) is 0.188. The predicted octanol–water partition coefficient (Wildman–Crippen LogP) is -0.0848. The molecular formula is C9H19BN2O. The fourth-order valence-corrected chi connectivity index (χ4v) is 2.01. The Bertz CT molecular complexity index is 173. The van der Waals surface area contributed by atoms with Gasteiger partial charge in [0, 0.05) is 0 Å². The summed E-state index contributed by atoms with van der Waals surface area (Å²) in [5.41, 5.74) is 0. The predicted molar refractivity (Wildman–Crippen MR) is 56.2 cm³/mol. The van der Waals surface area contributed by atoms with Crippen molar-refractivity contribution in [3.8, 4) is 0 Å². The Kier molecular flexibility index (Phi) is 4.29. The molecule has 0 aromatic heterocycles. The molecule has 13 heavy (non-hydrogen) atoms. The molecule has 1 aliphatic heterocycles. The number of hydrogen-bond acceptors (Lipinski definition) is 2. The van der Waals surface area contributed by atoms with E-state index in [0.717, 1.165) is 25.9 Å².